The second-order valence-electron chi connectivity index (χ2n) is 4.24. The molecule has 0 spiro atoms. The Bertz CT molecular complexity index is 384. The Morgan fingerprint density at radius 2 is 2.17 bits per heavy atom. The lowest BCUT2D eigenvalue weighted by Gasteiger charge is -2.22. The highest BCUT2D eigenvalue weighted by molar-refractivity contribution is 7.99. The zero-order valence-electron chi connectivity index (χ0n) is 10.4. The van der Waals surface area contributed by atoms with Gasteiger partial charge in [-0.15, -0.1) is 0 Å². The lowest BCUT2D eigenvalue weighted by molar-refractivity contribution is 0.678. The van der Waals surface area contributed by atoms with Crippen molar-refractivity contribution in [1.82, 2.24) is 15.0 Å². The van der Waals surface area contributed by atoms with Crippen molar-refractivity contribution in [2.24, 2.45) is 0 Å². The van der Waals surface area contributed by atoms with Crippen molar-refractivity contribution < 1.29 is 0 Å². The van der Waals surface area contributed by atoms with Crippen molar-refractivity contribution in [2.75, 3.05) is 28.7 Å². The number of hydrogen-bond donors (Lipinski definition) is 2. The van der Waals surface area contributed by atoms with E-state index in [0.29, 0.717) is 17.9 Å². The minimum Gasteiger partial charge on any atom is -0.354 e. The van der Waals surface area contributed by atoms with Gasteiger partial charge in [-0.1, -0.05) is 6.92 Å². The molecule has 2 rings (SSSR count). The zero-order valence-corrected chi connectivity index (χ0v) is 12.0. The molecule has 7 heteroatoms. The lowest BCUT2D eigenvalue weighted by Crippen LogP contribution is -2.27. The summed E-state index contributed by atoms with van der Waals surface area (Å²) >= 11 is 7.86. The minimum absolute atomic E-state index is 0.231. The average molecular weight is 288 g/mol. The topological polar surface area (TPSA) is 62.7 Å². The van der Waals surface area contributed by atoms with Gasteiger partial charge >= 0.3 is 0 Å². The number of rotatable bonds is 5. The number of hydrogen-bond acceptors (Lipinski definition) is 6. The largest absolute Gasteiger partial charge is 0.354 e. The van der Waals surface area contributed by atoms with E-state index >= 15 is 0 Å². The number of aromatic nitrogens is 3. The molecule has 1 atom stereocenters. The predicted octanol–water partition coefficient (Wildman–Crippen LogP) is 2.65. The van der Waals surface area contributed by atoms with Crippen LogP contribution in [0.2, 0.25) is 5.28 Å². The number of nitrogens with zero attached hydrogens (tertiary/aromatic N) is 3. The maximum Gasteiger partial charge on any atom is 0.229 e. The van der Waals surface area contributed by atoms with Crippen LogP contribution in [0.1, 0.15) is 26.2 Å². The van der Waals surface area contributed by atoms with Crippen molar-refractivity contribution in [3.05, 3.63) is 5.28 Å². The first-order chi connectivity index (χ1) is 8.78. The smallest absolute Gasteiger partial charge is 0.229 e. The van der Waals surface area contributed by atoms with Crippen molar-refractivity contribution in [3.63, 3.8) is 0 Å². The fourth-order valence-corrected chi connectivity index (χ4v) is 3.00. The molecule has 0 saturated carbocycles. The number of thioether (sulfide) groups is 1. The molecule has 100 valence electrons. The molecule has 1 fully saturated rings. The van der Waals surface area contributed by atoms with Crippen molar-refractivity contribution in [1.29, 1.82) is 0 Å². The van der Waals surface area contributed by atoms with Crippen molar-refractivity contribution in [3.8, 4) is 0 Å². The van der Waals surface area contributed by atoms with E-state index in [1.807, 2.05) is 11.8 Å². The fourth-order valence-electron chi connectivity index (χ4n) is 1.77. The van der Waals surface area contributed by atoms with Crippen LogP contribution in [0.5, 0.6) is 0 Å². The van der Waals surface area contributed by atoms with Crippen LogP contribution >= 0.6 is 23.4 Å². The predicted molar refractivity (Wildman–Crippen MR) is 77.6 cm³/mol. The number of halogens is 1. The Kier molecular flexibility index (Phi) is 5.31. The standard InChI is InChI=1S/C11H18ClN5S/c1-2-5-13-10-15-9(12)16-11(17-10)14-8-4-3-6-18-7-8/h8H,2-7H2,1H3,(H2,13,14,15,16,17). The molecule has 0 aliphatic carbocycles. The Labute approximate surface area is 117 Å². The SMILES string of the molecule is CCCNc1nc(Cl)nc(NC2CCCSC2)n1. The van der Waals surface area contributed by atoms with Gasteiger partial charge in [-0.3, -0.25) is 0 Å². The monoisotopic (exact) mass is 287 g/mol. The maximum absolute atomic E-state index is 5.90. The summed E-state index contributed by atoms with van der Waals surface area (Å²) in [6.45, 7) is 2.92. The molecule has 1 unspecified atom stereocenters. The summed E-state index contributed by atoms with van der Waals surface area (Å²) in [5.74, 6) is 3.46. The van der Waals surface area contributed by atoms with E-state index in [0.717, 1.165) is 25.1 Å². The Hall–Kier alpha value is -0.750. The summed E-state index contributed by atoms with van der Waals surface area (Å²) in [6, 6.07) is 0.432. The molecule has 0 amide bonds. The van der Waals surface area contributed by atoms with Crippen LogP contribution in [-0.2, 0) is 0 Å². The normalized spacial score (nSPS) is 19.6. The van der Waals surface area contributed by atoms with E-state index in [2.05, 4.69) is 32.5 Å². The van der Waals surface area contributed by atoms with Gasteiger partial charge in [0, 0.05) is 18.3 Å². The van der Waals surface area contributed by atoms with E-state index in [1.54, 1.807) is 0 Å². The molecule has 18 heavy (non-hydrogen) atoms. The molecule has 0 bridgehead atoms. The van der Waals surface area contributed by atoms with E-state index in [-0.39, 0.29) is 5.28 Å². The fraction of sp³-hybridized carbons (Fsp3) is 0.727. The van der Waals surface area contributed by atoms with Gasteiger partial charge in [0.15, 0.2) is 0 Å². The summed E-state index contributed by atoms with van der Waals surface area (Å²) in [5, 5.41) is 6.68. The molecule has 0 aromatic carbocycles. The van der Waals surface area contributed by atoms with E-state index in [1.165, 1.54) is 12.2 Å². The lowest BCUT2D eigenvalue weighted by atomic mass is 10.2. The van der Waals surface area contributed by atoms with E-state index < -0.39 is 0 Å². The van der Waals surface area contributed by atoms with Gasteiger partial charge in [0.25, 0.3) is 0 Å². The van der Waals surface area contributed by atoms with E-state index in [4.69, 9.17) is 11.6 Å². The maximum atomic E-state index is 5.90. The second-order valence-corrected chi connectivity index (χ2v) is 5.72. The molecule has 2 heterocycles. The van der Waals surface area contributed by atoms with Gasteiger partial charge in [0.1, 0.15) is 0 Å². The summed E-state index contributed by atoms with van der Waals surface area (Å²) in [5.41, 5.74) is 0. The molecule has 1 aliphatic rings. The molecule has 1 aromatic heterocycles. The Morgan fingerprint density at radius 1 is 1.33 bits per heavy atom. The average Bonchev–Trinajstić information content (AvgIpc) is 2.37. The Balaban J connectivity index is 1.99. The summed E-state index contributed by atoms with van der Waals surface area (Å²) in [4.78, 5) is 12.5. The van der Waals surface area contributed by atoms with Crippen LogP contribution in [0.15, 0.2) is 0 Å². The highest BCUT2D eigenvalue weighted by atomic mass is 35.5. The molecule has 1 aromatic rings. The minimum atomic E-state index is 0.231. The molecular formula is C11H18ClN5S. The Morgan fingerprint density at radius 3 is 2.89 bits per heavy atom. The molecule has 1 aliphatic heterocycles. The molecule has 1 saturated heterocycles. The highest BCUT2D eigenvalue weighted by Crippen LogP contribution is 2.20. The molecule has 0 radical (unpaired) electrons. The number of nitrogens with one attached hydrogen (secondary N) is 2. The van der Waals surface area contributed by atoms with Crippen molar-refractivity contribution >= 4 is 35.3 Å². The third-order valence-electron chi connectivity index (χ3n) is 2.63. The summed E-state index contributed by atoms with van der Waals surface area (Å²) in [6.07, 6.45) is 3.42. The second kappa shape index (κ2) is 6.99. The third-order valence-corrected chi connectivity index (χ3v) is 4.02. The molecule has 2 N–H and O–H groups in total. The van der Waals surface area contributed by atoms with Gasteiger partial charge < -0.3 is 10.6 Å². The van der Waals surface area contributed by atoms with Crippen molar-refractivity contribution in [2.45, 2.75) is 32.2 Å². The van der Waals surface area contributed by atoms with E-state index in [9.17, 15) is 0 Å². The molecular weight excluding hydrogens is 270 g/mol. The van der Waals surface area contributed by atoms with Crippen LogP contribution in [0.4, 0.5) is 11.9 Å². The molecule has 5 nitrogen and oxygen atoms in total. The first kappa shape index (κ1) is 13.7. The van der Waals surface area contributed by atoms with Crippen LogP contribution in [0, 0.1) is 0 Å². The van der Waals surface area contributed by atoms with Crippen LogP contribution in [-0.4, -0.2) is 39.0 Å². The number of anilines is 2. The quantitative estimate of drug-likeness (QED) is 0.868. The summed E-state index contributed by atoms with van der Waals surface area (Å²) in [7, 11) is 0. The van der Waals surface area contributed by atoms with Gasteiger partial charge in [0.2, 0.25) is 17.2 Å². The van der Waals surface area contributed by atoms with Crippen LogP contribution in [0.25, 0.3) is 0 Å². The van der Waals surface area contributed by atoms with Gasteiger partial charge in [-0.25, -0.2) is 0 Å². The van der Waals surface area contributed by atoms with Crippen LogP contribution < -0.4 is 10.6 Å². The highest BCUT2D eigenvalue weighted by Gasteiger charge is 2.15. The van der Waals surface area contributed by atoms with Gasteiger partial charge in [-0.05, 0) is 36.6 Å². The summed E-state index contributed by atoms with van der Waals surface area (Å²) < 4.78 is 0. The third kappa shape index (κ3) is 4.17. The van der Waals surface area contributed by atoms with Gasteiger partial charge in [0.05, 0.1) is 0 Å². The van der Waals surface area contributed by atoms with Crippen LogP contribution in [0.3, 0.4) is 0 Å². The first-order valence-corrected chi connectivity index (χ1v) is 7.81. The van der Waals surface area contributed by atoms with Gasteiger partial charge in [-0.2, -0.15) is 26.7 Å². The first-order valence-electron chi connectivity index (χ1n) is 6.27. The zero-order chi connectivity index (χ0) is 12.8.